The highest BCUT2D eigenvalue weighted by molar-refractivity contribution is 7.93. The average Bonchev–Trinajstić information content (AvgIpc) is 2.47. The Balaban J connectivity index is 1.74. The number of sulfonamides is 1. The third-order valence-corrected chi connectivity index (χ3v) is 6.71. The standard InChI is InChI=1S/C16H20N2O3S/c1-12-6-8-16(9-7-12)15(11-21-16)22(19,20)18-14-4-2-13(10-17)3-5-14/h2-5,12,15,18H,6-9,11H2,1H3. The van der Waals surface area contributed by atoms with E-state index in [4.69, 9.17) is 10.00 Å². The minimum atomic E-state index is -3.48. The number of nitrogens with one attached hydrogen (secondary N) is 1. The number of anilines is 1. The van der Waals surface area contributed by atoms with Crippen molar-refractivity contribution in [2.45, 2.75) is 43.5 Å². The average molecular weight is 320 g/mol. The lowest BCUT2D eigenvalue weighted by atomic mass is 9.75. The molecule has 1 N–H and O–H groups in total. The monoisotopic (exact) mass is 320 g/mol. The van der Waals surface area contributed by atoms with E-state index < -0.39 is 20.9 Å². The molecule has 118 valence electrons. The topological polar surface area (TPSA) is 79.2 Å². The first kappa shape index (κ1) is 15.3. The van der Waals surface area contributed by atoms with Crippen LogP contribution in [0.25, 0.3) is 0 Å². The highest BCUT2D eigenvalue weighted by Gasteiger charge is 2.55. The molecule has 2 aliphatic rings. The van der Waals surface area contributed by atoms with Gasteiger partial charge in [0.1, 0.15) is 5.25 Å². The van der Waals surface area contributed by atoms with E-state index in [1.165, 1.54) is 0 Å². The molecule has 1 atom stereocenters. The molecule has 0 bridgehead atoms. The zero-order valence-corrected chi connectivity index (χ0v) is 13.4. The SMILES string of the molecule is CC1CCC2(CC1)OCC2S(=O)(=O)Nc1ccc(C#N)cc1. The molecule has 1 aliphatic heterocycles. The summed E-state index contributed by atoms with van der Waals surface area (Å²) in [5, 5.41) is 8.30. The molecule has 1 saturated heterocycles. The van der Waals surface area contributed by atoms with Crippen LogP contribution >= 0.6 is 0 Å². The van der Waals surface area contributed by atoms with E-state index in [0.717, 1.165) is 25.7 Å². The van der Waals surface area contributed by atoms with Gasteiger partial charge in [0.25, 0.3) is 0 Å². The van der Waals surface area contributed by atoms with Crippen LogP contribution in [0, 0.1) is 17.2 Å². The van der Waals surface area contributed by atoms with E-state index in [0.29, 0.717) is 17.2 Å². The van der Waals surface area contributed by atoms with Crippen LogP contribution in [0.5, 0.6) is 0 Å². The van der Waals surface area contributed by atoms with Crippen LogP contribution in [-0.2, 0) is 14.8 Å². The van der Waals surface area contributed by atoms with E-state index in [-0.39, 0.29) is 6.61 Å². The maximum Gasteiger partial charge on any atom is 0.240 e. The summed E-state index contributed by atoms with van der Waals surface area (Å²) in [7, 11) is -3.48. The molecule has 1 aliphatic carbocycles. The Labute approximate surface area is 131 Å². The highest BCUT2D eigenvalue weighted by Crippen LogP contribution is 2.45. The second-order valence-electron chi connectivity index (χ2n) is 6.38. The van der Waals surface area contributed by atoms with Crippen LogP contribution in [0.3, 0.4) is 0 Å². The van der Waals surface area contributed by atoms with Gasteiger partial charge in [0.2, 0.25) is 10.0 Å². The van der Waals surface area contributed by atoms with Gasteiger partial charge in [0, 0.05) is 5.69 Å². The van der Waals surface area contributed by atoms with Gasteiger partial charge in [-0.1, -0.05) is 6.92 Å². The summed E-state index contributed by atoms with van der Waals surface area (Å²) in [6.45, 7) is 2.46. The molecule has 1 saturated carbocycles. The second-order valence-corrected chi connectivity index (χ2v) is 8.25. The summed E-state index contributed by atoms with van der Waals surface area (Å²) in [6, 6.07) is 8.46. The largest absolute Gasteiger partial charge is 0.372 e. The predicted molar refractivity (Wildman–Crippen MR) is 83.8 cm³/mol. The molecule has 2 fully saturated rings. The molecule has 5 nitrogen and oxygen atoms in total. The Hall–Kier alpha value is -1.58. The van der Waals surface area contributed by atoms with Gasteiger partial charge in [-0.3, -0.25) is 4.72 Å². The molecular formula is C16H20N2O3S. The minimum Gasteiger partial charge on any atom is -0.372 e. The van der Waals surface area contributed by atoms with Crippen molar-refractivity contribution in [2.24, 2.45) is 5.92 Å². The van der Waals surface area contributed by atoms with E-state index in [1.807, 2.05) is 6.07 Å². The molecular weight excluding hydrogens is 300 g/mol. The van der Waals surface area contributed by atoms with E-state index in [1.54, 1.807) is 24.3 Å². The van der Waals surface area contributed by atoms with Gasteiger partial charge < -0.3 is 4.74 Å². The molecule has 1 aromatic carbocycles. The van der Waals surface area contributed by atoms with Crippen LogP contribution in [-0.4, -0.2) is 25.9 Å². The number of nitriles is 1. The lowest BCUT2D eigenvalue weighted by Gasteiger charge is -2.51. The van der Waals surface area contributed by atoms with Crippen molar-refractivity contribution in [3.8, 4) is 6.07 Å². The Morgan fingerprint density at radius 3 is 2.41 bits per heavy atom. The van der Waals surface area contributed by atoms with Crippen molar-refractivity contribution in [1.29, 1.82) is 5.26 Å². The smallest absolute Gasteiger partial charge is 0.240 e. The van der Waals surface area contributed by atoms with E-state index >= 15 is 0 Å². The van der Waals surface area contributed by atoms with Gasteiger partial charge in [0.05, 0.1) is 23.8 Å². The minimum absolute atomic E-state index is 0.264. The number of ether oxygens (including phenoxy) is 1. The first-order valence-electron chi connectivity index (χ1n) is 7.61. The summed E-state index contributed by atoms with van der Waals surface area (Å²) >= 11 is 0. The van der Waals surface area contributed by atoms with Crippen LogP contribution in [0.2, 0.25) is 0 Å². The van der Waals surface area contributed by atoms with E-state index in [2.05, 4.69) is 11.6 Å². The van der Waals surface area contributed by atoms with Crippen LogP contribution in [0.15, 0.2) is 24.3 Å². The van der Waals surface area contributed by atoms with Crippen molar-refractivity contribution in [3.05, 3.63) is 29.8 Å². The fourth-order valence-corrected chi connectivity index (χ4v) is 5.05. The van der Waals surface area contributed by atoms with Crippen LogP contribution in [0.4, 0.5) is 5.69 Å². The fourth-order valence-electron chi connectivity index (χ4n) is 3.32. The number of nitrogens with zero attached hydrogens (tertiary/aromatic N) is 1. The van der Waals surface area contributed by atoms with Gasteiger partial charge in [0.15, 0.2) is 0 Å². The quantitative estimate of drug-likeness (QED) is 0.928. The maximum atomic E-state index is 12.6. The molecule has 1 spiro atoms. The summed E-state index contributed by atoms with van der Waals surface area (Å²) in [4.78, 5) is 0. The summed E-state index contributed by atoms with van der Waals surface area (Å²) < 4.78 is 33.6. The number of hydrogen-bond donors (Lipinski definition) is 1. The number of benzene rings is 1. The van der Waals surface area contributed by atoms with Crippen molar-refractivity contribution >= 4 is 15.7 Å². The molecule has 1 heterocycles. The predicted octanol–water partition coefficient (Wildman–Crippen LogP) is 2.65. The first-order chi connectivity index (χ1) is 10.5. The second kappa shape index (κ2) is 5.56. The number of rotatable bonds is 3. The normalized spacial score (nSPS) is 31.3. The zero-order valence-electron chi connectivity index (χ0n) is 12.6. The summed E-state index contributed by atoms with van der Waals surface area (Å²) in [6.07, 6.45) is 3.66. The van der Waals surface area contributed by atoms with Crippen LogP contribution < -0.4 is 4.72 Å². The molecule has 22 heavy (non-hydrogen) atoms. The third-order valence-electron chi connectivity index (χ3n) is 4.88. The van der Waals surface area contributed by atoms with Crippen molar-refractivity contribution in [3.63, 3.8) is 0 Å². The molecule has 0 radical (unpaired) electrons. The van der Waals surface area contributed by atoms with Gasteiger partial charge in [-0.05, 0) is 55.9 Å². The Morgan fingerprint density at radius 1 is 1.27 bits per heavy atom. The van der Waals surface area contributed by atoms with Crippen molar-refractivity contribution in [1.82, 2.24) is 0 Å². The molecule has 1 aromatic rings. The lowest BCUT2D eigenvalue weighted by Crippen LogP contribution is -2.63. The molecule has 3 rings (SSSR count). The molecule has 0 amide bonds. The van der Waals surface area contributed by atoms with Crippen molar-refractivity contribution in [2.75, 3.05) is 11.3 Å². The number of hydrogen-bond acceptors (Lipinski definition) is 4. The molecule has 0 aromatic heterocycles. The van der Waals surface area contributed by atoms with Crippen LogP contribution in [0.1, 0.15) is 38.2 Å². The fraction of sp³-hybridized carbons (Fsp3) is 0.562. The van der Waals surface area contributed by atoms with Crippen molar-refractivity contribution < 1.29 is 13.2 Å². The first-order valence-corrected chi connectivity index (χ1v) is 9.16. The lowest BCUT2D eigenvalue weighted by molar-refractivity contribution is -0.163. The summed E-state index contributed by atoms with van der Waals surface area (Å²) in [5.74, 6) is 0.643. The summed E-state index contributed by atoms with van der Waals surface area (Å²) in [5.41, 5.74) is 0.503. The third kappa shape index (κ3) is 2.71. The van der Waals surface area contributed by atoms with Gasteiger partial charge in [-0.15, -0.1) is 0 Å². The Kier molecular flexibility index (Phi) is 3.87. The maximum absolute atomic E-state index is 12.6. The molecule has 6 heteroatoms. The van der Waals surface area contributed by atoms with Gasteiger partial charge in [-0.2, -0.15) is 5.26 Å². The molecule has 1 unspecified atom stereocenters. The zero-order chi connectivity index (χ0) is 15.8. The van der Waals surface area contributed by atoms with E-state index in [9.17, 15) is 8.42 Å². The highest BCUT2D eigenvalue weighted by atomic mass is 32.2. The Bertz CT molecular complexity index is 683. The Morgan fingerprint density at radius 2 is 1.91 bits per heavy atom. The van der Waals surface area contributed by atoms with Gasteiger partial charge in [-0.25, -0.2) is 8.42 Å². The van der Waals surface area contributed by atoms with Gasteiger partial charge >= 0.3 is 0 Å².